The van der Waals surface area contributed by atoms with Crippen LogP contribution in [0.25, 0.3) is 21.5 Å². The second-order valence-electron chi connectivity index (χ2n) is 7.50. The lowest BCUT2D eigenvalue weighted by Gasteiger charge is -2.09. The fraction of sp³-hybridized carbons (Fsp3) is 0. The van der Waals surface area contributed by atoms with Gasteiger partial charge in [-0.1, -0.05) is 0 Å². The van der Waals surface area contributed by atoms with Crippen LogP contribution in [0.15, 0.2) is 60.7 Å². The van der Waals surface area contributed by atoms with Gasteiger partial charge >= 0.3 is 11.9 Å². The number of esters is 2. The quantitative estimate of drug-likeness (QED) is 0.152. The molecule has 15 nitrogen and oxygen atoms in total. The molecule has 0 aliphatic heterocycles. The van der Waals surface area contributed by atoms with E-state index in [4.69, 9.17) is 4.74 Å². The third kappa shape index (κ3) is 4.59. The van der Waals surface area contributed by atoms with Gasteiger partial charge in [-0.25, -0.2) is 9.59 Å². The van der Waals surface area contributed by atoms with Gasteiger partial charge in [0.05, 0.1) is 30.8 Å². The van der Waals surface area contributed by atoms with Gasteiger partial charge in [-0.3, -0.25) is 40.5 Å². The van der Waals surface area contributed by atoms with E-state index in [0.717, 1.165) is 60.7 Å². The van der Waals surface area contributed by atoms with Crippen molar-refractivity contribution in [1.82, 2.24) is 0 Å². The summed E-state index contributed by atoms with van der Waals surface area (Å²) in [4.78, 5) is 67.5. The first-order chi connectivity index (χ1) is 17.5. The second-order valence-corrected chi connectivity index (χ2v) is 7.50. The summed E-state index contributed by atoms with van der Waals surface area (Å²) in [5.41, 5.74) is -2.95. The monoisotopic (exact) mass is 506 g/mol. The summed E-state index contributed by atoms with van der Waals surface area (Å²) < 4.78 is 4.87. The van der Waals surface area contributed by atoms with E-state index < -0.39 is 65.5 Å². The number of fused-ring (bicyclic) bond motifs is 2. The number of hydrogen-bond donors (Lipinski definition) is 0. The molecule has 0 radical (unpaired) electrons. The lowest BCUT2D eigenvalue weighted by molar-refractivity contribution is -0.385. The minimum atomic E-state index is -1.37. The maximum Gasteiger partial charge on any atom is 0.346 e. The van der Waals surface area contributed by atoms with Crippen molar-refractivity contribution in [1.29, 1.82) is 0 Å². The number of hydrogen-bond acceptors (Lipinski definition) is 11. The van der Waals surface area contributed by atoms with Gasteiger partial charge in [-0.15, -0.1) is 0 Å². The molecule has 0 saturated carbocycles. The first kappa shape index (κ1) is 24.3. The zero-order valence-electron chi connectivity index (χ0n) is 18.1. The van der Waals surface area contributed by atoms with E-state index >= 15 is 0 Å². The van der Waals surface area contributed by atoms with Gasteiger partial charge in [0, 0.05) is 48.5 Å². The highest BCUT2D eigenvalue weighted by Crippen LogP contribution is 2.31. The summed E-state index contributed by atoms with van der Waals surface area (Å²) in [6, 6.07) is 10.0. The molecule has 184 valence electrons. The zero-order chi connectivity index (χ0) is 27.0. The normalized spacial score (nSPS) is 10.7. The van der Waals surface area contributed by atoms with Crippen LogP contribution in [0.5, 0.6) is 0 Å². The Balaban J connectivity index is 1.81. The van der Waals surface area contributed by atoms with Crippen molar-refractivity contribution in [2.24, 2.45) is 0 Å². The van der Waals surface area contributed by atoms with E-state index in [1.165, 1.54) is 0 Å². The largest absolute Gasteiger partial charge is 0.386 e. The van der Waals surface area contributed by atoms with E-state index in [1.807, 2.05) is 0 Å². The van der Waals surface area contributed by atoms with Crippen LogP contribution in [0.2, 0.25) is 0 Å². The van der Waals surface area contributed by atoms with Gasteiger partial charge in [0.2, 0.25) is 0 Å². The van der Waals surface area contributed by atoms with E-state index in [-0.39, 0.29) is 21.5 Å². The number of non-ortho nitro benzene ring substituents is 4. The molecule has 0 aliphatic rings. The molecule has 0 bridgehead atoms. The number of benzene rings is 4. The number of nitro benzene ring substituents is 4. The van der Waals surface area contributed by atoms with E-state index in [0.29, 0.717) is 0 Å². The number of ether oxygens (including phenoxy) is 1. The molecule has 15 heteroatoms. The van der Waals surface area contributed by atoms with Crippen LogP contribution in [0.1, 0.15) is 20.7 Å². The highest BCUT2D eigenvalue weighted by molar-refractivity contribution is 6.14. The van der Waals surface area contributed by atoms with E-state index in [2.05, 4.69) is 0 Å². The number of carbonyl (C=O) groups is 2. The van der Waals surface area contributed by atoms with Gasteiger partial charge in [-0.05, 0) is 33.7 Å². The maximum absolute atomic E-state index is 12.9. The van der Waals surface area contributed by atoms with Crippen LogP contribution >= 0.6 is 0 Å². The molecule has 0 heterocycles. The predicted molar refractivity (Wildman–Crippen MR) is 124 cm³/mol. The molecule has 0 atom stereocenters. The molecule has 0 N–H and O–H groups in total. The average Bonchev–Trinajstić information content (AvgIpc) is 2.86. The van der Waals surface area contributed by atoms with Crippen molar-refractivity contribution in [3.05, 3.63) is 112 Å². The fourth-order valence-corrected chi connectivity index (χ4v) is 3.65. The van der Waals surface area contributed by atoms with Crippen LogP contribution in [-0.2, 0) is 4.74 Å². The molecule has 4 rings (SSSR count). The van der Waals surface area contributed by atoms with Gasteiger partial charge in [0.15, 0.2) is 0 Å². The Hall–Kier alpha value is -5.86. The summed E-state index contributed by atoms with van der Waals surface area (Å²) in [5, 5.41) is 44.8. The molecular formula is C22H10N4O11. The maximum atomic E-state index is 12.9. The zero-order valence-corrected chi connectivity index (χ0v) is 18.1. The molecule has 0 amide bonds. The lowest BCUT2D eigenvalue weighted by Crippen LogP contribution is -2.14. The van der Waals surface area contributed by atoms with Crippen molar-refractivity contribution in [2.75, 3.05) is 0 Å². The topological polar surface area (TPSA) is 216 Å². The molecule has 0 aromatic heterocycles. The Morgan fingerprint density at radius 1 is 0.514 bits per heavy atom. The molecular weight excluding hydrogens is 496 g/mol. The van der Waals surface area contributed by atoms with E-state index in [9.17, 15) is 50.0 Å². The second kappa shape index (κ2) is 9.06. The third-order valence-corrected chi connectivity index (χ3v) is 5.31. The molecule has 0 aliphatic carbocycles. The third-order valence-electron chi connectivity index (χ3n) is 5.31. The number of nitrogens with zero attached hydrogens (tertiary/aromatic N) is 4. The number of nitro groups is 4. The number of rotatable bonds is 6. The smallest absolute Gasteiger partial charge is 0.346 e. The summed E-state index contributed by atoms with van der Waals surface area (Å²) >= 11 is 0. The first-order valence-electron chi connectivity index (χ1n) is 9.96. The minimum absolute atomic E-state index is 0.00789. The number of carbonyl (C=O) groups excluding carboxylic acids is 2. The van der Waals surface area contributed by atoms with E-state index in [1.54, 1.807) is 0 Å². The Morgan fingerprint density at radius 3 is 1.16 bits per heavy atom. The summed E-state index contributed by atoms with van der Waals surface area (Å²) in [6.45, 7) is 0. The standard InChI is InChI=1S/C22H10N4O11/c27-21(19-9-15(25(33)34)7-11-5-13(23(29)30)1-3-17(11)19)37-22(28)20-10-16(26(35)36)8-12-6-14(24(31)32)2-4-18(12)20/h1-10H. The Morgan fingerprint density at radius 2 is 0.838 bits per heavy atom. The van der Waals surface area contributed by atoms with Crippen molar-refractivity contribution in [2.45, 2.75) is 0 Å². The SMILES string of the molecule is O=C(OC(=O)c1cc([N+](=O)[O-])cc2cc([N+](=O)[O-])ccc12)c1cc([N+](=O)[O-])cc2cc([N+](=O)[O-])ccc12. The molecule has 4 aromatic rings. The van der Waals surface area contributed by atoms with Crippen LogP contribution in [-0.4, -0.2) is 31.6 Å². The first-order valence-corrected chi connectivity index (χ1v) is 9.96. The molecule has 4 aromatic carbocycles. The van der Waals surface area contributed by atoms with Gasteiger partial charge < -0.3 is 4.74 Å². The van der Waals surface area contributed by atoms with Crippen molar-refractivity contribution in [3.8, 4) is 0 Å². The van der Waals surface area contributed by atoms with Crippen LogP contribution < -0.4 is 0 Å². The summed E-state index contributed by atoms with van der Waals surface area (Å²) in [6.07, 6.45) is 0. The summed E-state index contributed by atoms with van der Waals surface area (Å²) in [5.74, 6) is -2.73. The van der Waals surface area contributed by atoms with Crippen molar-refractivity contribution < 1.29 is 34.0 Å². The predicted octanol–water partition coefficient (Wildman–Crippen LogP) is 4.62. The molecule has 0 spiro atoms. The summed E-state index contributed by atoms with van der Waals surface area (Å²) in [7, 11) is 0. The Bertz CT molecular complexity index is 1580. The van der Waals surface area contributed by atoms with Crippen LogP contribution in [0.4, 0.5) is 22.7 Å². The Kier molecular flexibility index (Phi) is 5.95. The molecule has 0 saturated heterocycles. The molecule has 37 heavy (non-hydrogen) atoms. The van der Waals surface area contributed by atoms with Crippen LogP contribution in [0, 0.1) is 40.5 Å². The highest BCUT2D eigenvalue weighted by Gasteiger charge is 2.25. The molecule has 0 fully saturated rings. The van der Waals surface area contributed by atoms with Crippen molar-refractivity contribution in [3.63, 3.8) is 0 Å². The van der Waals surface area contributed by atoms with Gasteiger partial charge in [0.1, 0.15) is 0 Å². The average molecular weight is 506 g/mol. The van der Waals surface area contributed by atoms with Gasteiger partial charge in [-0.2, -0.15) is 0 Å². The fourth-order valence-electron chi connectivity index (χ4n) is 3.65. The highest BCUT2D eigenvalue weighted by atomic mass is 16.6. The van der Waals surface area contributed by atoms with Crippen molar-refractivity contribution >= 4 is 56.2 Å². The lowest BCUT2D eigenvalue weighted by atomic mass is 10.0. The van der Waals surface area contributed by atoms with Crippen LogP contribution in [0.3, 0.4) is 0 Å². The Labute approximate surface area is 203 Å². The molecule has 0 unspecified atom stereocenters. The van der Waals surface area contributed by atoms with Gasteiger partial charge in [0.25, 0.3) is 22.7 Å². The minimum Gasteiger partial charge on any atom is -0.386 e.